The van der Waals surface area contributed by atoms with Crippen molar-refractivity contribution in [1.29, 1.82) is 0 Å². The van der Waals surface area contributed by atoms with Gasteiger partial charge in [0, 0.05) is 38.4 Å². The molecule has 1 saturated heterocycles. The van der Waals surface area contributed by atoms with Crippen LogP contribution in [0.4, 0.5) is 10.5 Å². The first kappa shape index (κ1) is 15.8. The maximum absolute atomic E-state index is 12.2. The summed E-state index contributed by atoms with van der Waals surface area (Å²) in [7, 11) is 0. The summed E-state index contributed by atoms with van der Waals surface area (Å²) in [4.78, 5) is 16.6. The van der Waals surface area contributed by atoms with Crippen LogP contribution < -0.4 is 5.32 Å². The van der Waals surface area contributed by atoms with Crippen LogP contribution in [0.15, 0.2) is 24.3 Å². The van der Waals surface area contributed by atoms with Crippen molar-refractivity contribution in [3.63, 3.8) is 0 Å². The molecule has 1 aromatic carbocycles. The van der Waals surface area contributed by atoms with Gasteiger partial charge in [-0.3, -0.25) is 4.90 Å². The van der Waals surface area contributed by atoms with Crippen molar-refractivity contribution in [3.8, 4) is 0 Å². The van der Waals surface area contributed by atoms with E-state index >= 15 is 0 Å². The topological polar surface area (TPSA) is 35.6 Å². The second kappa shape index (κ2) is 7.46. The number of aryl methyl sites for hydroxylation is 1. The smallest absolute Gasteiger partial charge is 0.321 e. The maximum Gasteiger partial charge on any atom is 0.321 e. The first-order valence-electron chi connectivity index (χ1n) is 7.95. The van der Waals surface area contributed by atoms with Gasteiger partial charge in [0.05, 0.1) is 0 Å². The van der Waals surface area contributed by atoms with E-state index in [1.165, 1.54) is 5.56 Å². The largest absolute Gasteiger partial charge is 0.322 e. The Hall–Kier alpha value is -1.55. The number of nitrogens with one attached hydrogen (secondary N) is 1. The second-order valence-electron chi connectivity index (χ2n) is 6.16. The lowest BCUT2D eigenvalue weighted by atomic mass is 10.1. The Balaban J connectivity index is 1.81. The van der Waals surface area contributed by atoms with Crippen molar-refractivity contribution in [2.24, 2.45) is 5.92 Å². The Morgan fingerprint density at radius 2 is 1.76 bits per heavy atom. The summed E-state index contributed by atoms with van der Waals surface area (Å²) < 4.78 is 0. The monoisotopic (exact) mass is 289 g/mol. The van der Waals surface area contributed by atoms with Crippen LogP contribution in [0.2, 0.25) is 0 Å². The van der Waals surface area contributed by atoms with Gasteiger partial charge in [-0.1, -0.05) is 32.9 Å². The molecule has 116 valence electrons. The Morgan fingerprint density at radius 1 is 1.14 bits per heavy atom. The number of carbonyl (C=O) groups is 1. The number of benzene rings is 1. The fraction of sp³-hybridized carbons (Fsp3) is 0.588. The van der Waals surface area contributed by atoms with Crippen molar-refractivity contribution in [3.05, 3.63) is 29.8 Å². The lowest BCUT2D eigenvalue weighted by Gasteiger charge is -2.35. The predicted octanol–water partition coefficient (Wildman–Crippen LogP) is 3.05. The molecule has 21 heavy (non-hydrogen) atoms. The van der Waals surface area contributed by atoms with Gasteiger partial charge in [-0.05, 0) is 30.0 Å². The Bertz CT molecular complexity index is 448. The SMILES string of the molecule is CCc1ccc(NC(=O)N2CCN(CC(C)C)CC2)cc1. The van der Waals surface area contributed by atoms with Crippen molar-refractivity contribution in [2.75, 3.05) is 38.0 Å². The molecule has 0 saturated carbocycles. The van der Waals surface area contributed by atoms with Crippen molar-refractivity contribution < 1.29 is 4.79 Å². The Kier molecular flexibility index (Phi) is 5.62. The highest BCUT2D eigenvalue weighted by molar-refractivity contribution is 5.89. The van der Waals surface area contributed by atoms with Gasteiger partial charge in [0.15, 0.2) is 0 Å². The molecule has 1 aliphatic heterocycles. The van der Waals surface area contributed by atoms with Crippen LogP contribution in [-0.4, -0.2) is 48.6 Å². The first-order valence-corrected chi connectivity index (χ1v) is 7.95. The summed E-state index contributed by atoms with van der Waals surface area (Å²) in [5.41, 5.74) is 2.16. The van der Waals surface area contributed by atoms with Crippen LogP contribution in [0.1, 0.15) is 26.3 Å². The molecule has 1 heterocycles. The number of nitrogens with zero attached hydrogens (tertiary/aromatic N) is 2. The molecule has 1 aromatic rings. The van der Waals surface area contributed by atoms with Crippen molar-refractivity contribution in [2.45, 2.75) is 27.2 Å². The summed E-state index contributed by atoms with van der Waals surface area (Å²) in [6.45, 7) is 11.3. The van der Waals surface area contributed by atoms with E-state index in [0.717, 1.165) is 44.8 Å². The lowest BCUT2D eigenvalue weighted by Crippen LogP contribution is -2.50. The molecule has 4 heteroatoms. The molecular formula is C17H27N3O. The summed E-state index contributed by atoms with van der Waals surface area (Å²) in [5, 5.41) is 2.99. The summed E-state index contributed by atoms with van der Waals surface area (Å²) in [6.07, 6.45) is 1.02. The predicted molar refractivity (Wildman–Crippen MR) is 87.7 cm³/mol. The Labute approximate surface area is 128 Å². The quantitative estimate of drug-likeness (QED) is 0.924. The van der Waals surface area contributed by atoms with Crippen LogP contribution in [0.25, 0.3) is 0 Å². The van der Waals surface area contributed by atoms with Gasteiger partial charge in [-0.25, -0.2) is 4.79 Å². The minimum absolute atomic E-state index is 0.0171. The zero-order valence-corrected chi connectivity index (χ0v) is 13.4. The number of rotatable bonds is 4. The molecular weight excluding hydrogens is 262 g/mol. The van der Waals surface area contributed by atoms with E-state index in [1.54, 1.807) is 0 Å². The summed E-state index contributed by atoms with van der Waals surface area (Å²) >= 11 is 0. The highest BCUT2D eigenvalue weighted by Gasteiger charge is 2.21. The van der Waals surface area contributed by atoms with Gasteiger partial charge in [0.25, 0.3) is 0 Å². The number of urea groups is 1. The molecule has 1 fully saturated rings. The van der Waals surface area contributed by atoms with Crippen LogP contribution in [0.3, 0.4) is 0 Å². The van der Waals surface area contributed by atoms with Crippen LogP contribution >= 0.6 is 0 Å². The van der Waals surface area contributed by atoms with E-state index in [2.05, 4.69) is 43.1 Å². The highest BCUT2D eigenvalue weighted by Crippen LogP contribution is 2.12. The molecule has 0 bridgehead atoms. The van der Waals surface area contributed by atoms with E-state index < -0.39 is 0 Å². The molecule has 4 nitrogen and oxygen atoms in total. The Morgan fingerprint density at radius 3 is 2.29 bits per heavy atom. The molecule has 2 amide bonds. The van der Waals surface area contributed by atoms with Gasteiger partial charge in [-0.15, -0.1) is 0 Å². The zero-order valence-electron chi connectivity index (χ0n) is 13.4. The molecule has 0 atom stereocenters. The van der Waals surface area contributed by atoms with Gasteiger partial charge >= 0.3 is 6.03 Å². The summed E-state index contributed by atoms with van der Waals surface area (Å²) in [5.74, 6) is 0.683. The standard InChI is InChI=1S/C17H27N3O/c1-4-15-5-7-16(8-6-15)18-17(21)20-11-9-19(10-12-20)13-14(2)3/h5-8,14H,4,9-13H2,1-3H3,(H,18,21). The summed E-state index contributed by atoms with van der Waals surface area (Å²) in [6, 6.07) is 8.10. The number of carbonyl (C=O) groups excluding carboxylic acids is 1. The molecule has 1 N–H and O–H groups in total. The number of piperazine rings is 1. The maximum atomic E-state index is 12.2. The van der Waals surface area contributed by atoms with Crippen LogP contribution in [0.5, 0.6) is 0 Å². The van der Waals surface area contributed by atoms with Gasteiger partial charge in [-0.2, -0.15) is 0 Å². The minimum Gasteiger partial charge on any atom is -0.322 e. The zero-order chi connectivity index (χ0) is 15.2. The first-order chi connectivity index (χ1) is 10.1. The third-order valence-corrected chi connectivity index (χ3v) is 3.90. The fourth-order valence-electron chi connectivity index (χ4n) is 2.68. The van der Waals surface area contributed by atoms with Gasteiger partial charge in [0.1, 0.15) is 0 Å². The van der Waals surface area contributed by atoms with E-state index in [1.807, 2.05) is 17.0 Å². The normalized spacial score (nSPS) is 16.3. The molecule has 1 aliphatic rings. The lowest BCUT2D eigenvalue weighted by molar-refractivity contribution is 0.138. The molecule has 0 aliphatic carbocycles. The molecule has 0 unspecified atom stereocenters. The number of anilines is 1. The average Bonchev–Trinajstić information content (AvgIpc) is 2.48. The van der Waals surface area contributed by atoms with Gasteiger partial charge in [0.2, 0.25) is 0 Å². The van der Waals surface area contributed by atoms with Crippen LogP contribution in [0, 0.1) is 5.92 Å². The number of hydrogen-bond donors (Lipinski definition) is 1. The fourth-order valence-corrected chi connectivity index (χ4v) is 2.68. The van der Waals surface area contributed by atoms with Gasteiger partial charge < -0.3 is 10.2 Å². The number of amides is 2. The van der Waals surface area contributed by atoms with E-state index in [0.29, 0.717) is 5.92 Å². The van der Waals surface area contributed by atoms with Crippen molar-refractivity contribution in [1.82, 2.24) is 9.80 Å². The van der Waals surface area contributed by atoms with E-state index in [-0.39, 0.29) is 6.03 Å². The number of hydrogen-bond acceptors (Lipinski definition) is 2. The molecule has 0 aromatic heterocycles. The van der Waals surface area contributed by atoms with Crippen LogP contribution in [-0.2, 0) is 6.42 Å². The third kappa shape index (κ3) is 4.74. The van der Waals surface area contributed by atoms with E-state index in [4.69, 9.17) is 0 Å². The minimum atomic E-state index is 0.0171. The molecule has 0 radical (unpaired) electrons. The molecule has 0 spiro atoms. The second-order valence-corrected chi connectivity index (χ2v) is 6.16. The molecule has 2 rings (SSSR count). The highest BCUT2D eigenvalue weighted by atomic mass is 16.2. The van der Waals surface area contributed by atoms with Crippen molar-refractivity contribution >= 4 is 11.7 Å². The van der Waals surface area contributed by atoms with E-state index in [9.17, 15) is 4.79 Å². The third-order valence-electron chi connectivity index (χ3n) is 3.90. The average molecular weight is 289 g/mol.